The van der Waals surface area contributed by atoms with Gasteiger partial charge in [0.25, 0.3) is 0 Å². The molecular weight excluding hydrogens is 214 g/mol. The van der Waals surface area contributed by atoms with E-state index in [0.717, 1.165) is 18.7 Å². The molecule has 2 unspecified atom stereocenters. The molecule has 1 aromatic rings. The average Bonchev–Trinajstić information content (AvgIpc) is 2.38. The van der Waals surface area contributed by atoms with Crippen LogP contribution in [0.4, 0.5) is 0 Å². The molecule has 3 heteroatoms. The van der Waals surface area contributed by atoms with Gasteiger partial charge >= 0.3 is 0 Å². The molecule has 1 saturated heterocycles. The molecule has 2 atom stereocenters. The van der Waals surface area contributed by atoms with Crippen molar-refractivity contribution in [3.05, 3.63) is 30.3 Å². The van der Waals surface area contributed by atoms with Crippen molar-refractivity contribution in [3.63, 3.8) is 0 Å². The number of hydrogen-bond acceptors (Lipinski definition) is 3. The lowest BCUT2D eigenvalue weighted by molar-refractivity contribution is -0.000772. The monoisotopic (exact) mass is 235 g/mol. The van der Waals surface area contributed by atoms with E-state index in [1.807, 2.05) is 30.3 Å². The van der Waals surface area contributed by atoms with Crippen molar-refractivity contribution in [2.24, 2.45) is 0 Å². The van der Waals surface area contributed by atoms with Crippen LogP contribution in [0.1, 0.15) is 19.8 Å². The molecule has 3 nitrogen and oxygen atoms in total. The molecule has 1 heterocycles. The fourth-order valence-corrected chi connectivity index (χ4v) is 2.12. The second-order valence-corrected chi connectivity index (χ2v) is 4.46. The molecule has 17 heavy (non-hydrogen) atoms. The van der Waals surface area contributed by atoms with Gasteiger partial charge < -0.3 is 14.8 Å². The zero-order valence-electron chi connectivity index (χ0n) is 10.4. The summed E-state index contributed by atoms with van der Waals surface area (Å²) in [5.74, 6) is 0.908. The predicted octanol–water partition coefficient (Wildman–Crippen LogP) is 2.22. The van der Waals surface area contributed by atoms with Crippen LogP contribution in [0.25, 0.3) is 0 Å². The first-order valence-corrected chi connectivity index (χ1v) is 6.39. The number of hydrogen-bond donors (Lipinski definition) is 1. The van der Waals surface area contributed by atoms with Gasteiger partial charge in [-0.1, -0.05) is 18.2 Å². The summed E-state index contributed by atoms with van der Waals surface area (Å²) in [6.45, 7) is 4.57. The van der Waals surface area contributed by atoms with Gasteiger partial charge in [-0.2, -0.15) is 0 Å². The van der Waals surface area contributed by atoms with Gasteiger partial charge in [0, 0.05) is 6.04 Å². The zero-order chi connectivity index (χ0) is 11.9. The normalized spacial score (nSPS) is 24.5. The lowest BCUT2D eigenvalue weighted by Crippen LogP contribution is -2.44. The van der Waals surface area contributed by atoms with E-state index in [9.17, 15) is 0 Å². The van der Waals surface area contributed by atoms with E-state index >= 15 is 0 Å². The van der Waals surface area contributed by atoms with Crippen LogP contribution in [0.5, 0.6) is 5.75 Å². The van der Waals surface area contributed by atoms with Crippen LogP contribution in [0, 0.1) is 0 Å². The molecule has 1 aromatic carbocycles. The molecule has 0 aliphatic carbocycles. The van der Waals surface area contributed by atoms with E-state index < -0.39 is 0 Å². The standard InChI is InChI=1S/C14H21NO2/c1-12-14(8-5-9-15-12)17-11-10-16-13-6-3-2-4-7-13/h2-4,6-7,12,14-15H,5,8-11H2,1H3. The van der Waals surface area contributed by atoms with Crippen LogP contribution in [0.2, 0.25) is 0 Å². The fraction of sp³-hybridized carbons (Fsp3) is 0.571. The molecule has 1 aliphatic heterocycles. The molecule has 2 rings (SSSR count). The van der Waals surface area contributed by atoms with Gasteiger partial charge in [0.2, 0.25) is 0 Å². The Labute approximate surface area is 103 Å². The molecule has 1 aliphatic rings. The lowest BCUT2D eigenvalue weighted by Gasteiger charge is -2.29. The van der Waals surface area contributed by atoms with Gasteiger partial charge in [0.05, 0.1) is 12.7 Å². The highest BCUT2D eigenvalue weighted by atomic mass is 16.5. The Hall–Kier alpha value is -1.06. The Morgan fingerprint density at radius 2 is 2.06 bits per heavy atom. The van der Waals surface area contributed by atoms with E-state index in [-0.39, 0.29) is 0 Å². The topological polar surface area (TPSA) is 30.5 Å². The van der Waals surface area contributed by atoms with Gasteiger partial charge in [0.15, 0.2) is 0 Å². The third-order valence-corrected chi connectivity index (χ3v) is 3.12. The third kappa shape index (κ3) is 4.02. The smallest absolute Gasteiger partial charge is 0.119 e. The van der Waals surface area contributed by atoms with E-state index in [4.69, 9.17) is 9.47 Å². The third-order valence-electron chi connectivity index (χ3n) is 3.12. The highest BCUT2D eigenvalue weighted by molar-refractivity contribution is 5.20. The number of rotatable bonds is 5. The van der Waals surface area contributed by atoms with Gasteiger partial charge in [0.1, 0.15) is 12.4 Å². The molecular formula is C14H21NO2. The fourth-order valence-electron chi connectivity index (χ4n) is 2.12. The summed E-state index contributed by atoms with van der Waals surface area (Å²) in [6.07, 6.45) is 2.69. The van der Waals surface area contributed by atoms with Crippen molar-refractivity contribution < 1.29 is 9.47 Å². The molecule has 0 saturated carbocycles. The largest absolute Gasteiger partial charge is 0.491 e. The first-order chi connectivity index (χ1) is 8.36. The minimum atomic E-state index is 0.336. The molecule has 0 spiro atoms. The maximum absolute atomic E-state index is 5.83. The lowest BCUT2D eigenvalue weighted by atomic mass is 10.0. The Bertz CT molecular complexity index is 315. The molecule has 94 valence electrons. The molecule has 0 radical (unpaired) electrons. The van der Waals surface area contributed by atoms with Crippen LogP contribution in [-0.2, 0) is 4.74 Å². The second-order valence-electron chi connectivity index (χ2n) is 4.46. The van der Waals surface area contributed by atoms with Gasteiger partial charge in [-0.25, -0.2) is 0 Å². The Morgan fingerprint density at radius 3 is 2.82 bits per heavy atom. The maximum atomic E-state index is 5.83. The summed E-state index contributed by atoms with van der Waals surface area (Å²) in [5.41, 5.74) is 0. The van der Waals surface area contributed by atoms with Gasteiger partial charge in [-0.15, -0.1) is 0 Å². The van der Waals surface area contributed by atoms with E-state index in [1.165, 1.54) is 6.42 Å². The van der Waals surface area contributed by atoms with Gasteiger partial charge in [-0.3, -0.25) is 0 Å². The van der Waals surface area contributed by atoms with Gasteiger partial charge in [-0.05, 0) is 38.4 Å². The average molecular weight is 235 g/mol. The molecule has 0 aromatic heterocycles. The summed E-state index contributed by atoms with van der Waals surface area (Å²) in [6, 6.07) is 10.3. The number of para-hydroxylation sites is 1. The number of piperidine rings is 1. The highest BCUT2D eigenvalue weighted by Crippen LogP contribution is 2.12. The number of benzene rings is 1. The predicted molar refractivity (Wildman–Crippen MR) is 68.4 cm³/mol. The van der Waals surface area contributed by atoms with Crippen molar-refractivity contribution in [3.8, 4) is 5.75 Å². The number of ether oxygens (including phenoxy) is 2. The minimum Gasteiger partial charge on any atom is -0.491 e. The molecule has 0 bridgehead atoms. The Kier molecular flexibility index (Phi) is 4.83. The van der Waals surface area contributed by atoms with E-state index in [0.29, 0.717) is 25.4 Å². The van der Waals surface area contributed by atoms with Crippen molar-refractivity contribution in [1.29, 1.82) is 0 Å². The minimum absolute atomic E-state index is 0.336. The summed E-state index contributed by atoms with van der Waals surface area (Å²) in [5, 5.41) is 3.42. The van der Waals surface area contributed by atoms with Crippen molar-refractivity contribution in [2.75, 3.05) is 19.8 Å². The molecule has 1 fully saturated rings. The van der Waals surface area contributed by atoms with Crippen molar-refractivity contribution >= 4 is 0 Å². The summed E-state index contributed by atoms with van der Waals surface area (Å²) >= 11 is 0. The maximum Gasteiger partial charge on any atom is 0.119 e. The molecule has 0 amide bonds. The van der Waals surface area contributed by atoms with Crippen LogP contribution < -0.4 is 10.1 Å². The van der Waals surface area contributed by atoms with Crippen molar-refractivity contribution in [1.82, 2.24) is 5.32 Å². The highest BCUT2D eigenvalue weighted by Gasteiger charge is 2.20. The van der Waals surface area contributed by atoms with Crippen LogP contribution in [-0.4, -0.2) is 31.9 Å². The Morgan fingerprint density at radius 1 is 1.24 bits per heavy atom. The molecule has 1 N–H and O–H groups in total. The summed E-state index contributed by atoms with van der Waals surface area (Å²) in [4.78, 5) is 0. The number of nitrogens with one attached hydrogen (secondary N) is 1. The van der Waals surface area contributed by atoms with E-state index in [2.05, 4.69) is 12.2 Å². The summed E-state index contributed by atoms with van der Waals surface area (Å²) in [7, 11) is 0. The first kappa shape index (κ1) is 12.4. The zero-order valence-corrected chi connectivity index (χ0v) is 10.4. The SMILES string of the molecule is CC1NCCCC1OCCOc1ccccc1. The van der Waals surface area contributed by atoms with Crippen LogP contribution in [0.15, 0.2) is 30.3 Å². The quantitative estimate of drug-likeness (QED) is 0.794. The van der Waals surface area contributed by atoms with Crippen LogP contribution >= 0.6 is 0 Å². The first-order valence-electron chi connectivity index (χ1n) is 6.39. The van der Waals surface area contributed by atoms with Crippen molar-refractivity contribution in [2.45, 2.75) is 31.9 Å². The second kappa shape index (κ2) is 6.62. The van der Waals surface area contributed by atoms with E-state index in [1.54, 1.807) is 0 Å². The Balaban J connectivity index is 1.63. The summed E-state index contributed by atoms with van der Waals surface area (Å²) < 4.78 is 11.4. The van der Waals surface area contributed by atoms with Crippen LogP contribution in [0.3, 0.4) is 0 Å².